The fraction of sp³-hybridized carbons (Fsp3) is 0.949. The Morgan fingerprint density at radius 2 is 0.594 bits per heavy atom. The van der Waals surface area contributed by atoms with Crippen LogP contribution in [-0.2, 0) is 4.79 Å². The largest absolute Gasteiger partial charge is 0.394 e. The number of amides is 1. The molecule has 0 rings (SSSR count). The molecule has 64 heavy (non-hydrogen) atoms. The molecule has 0 aromatic carbocycles. The minimum atomic E-state index is -1.07. The number of unbranched alkanes of at least 4 members (excludes halogenated alkanes) is 45. The molecule has 5 nitrogen and oxygen atoms in total. The SMILES string of the molecule is CCCCCCCCCCCCCC/C=C\CCCCCCCCCCCCCC(O)C(=O)NC(CO)C(O)CCCCCCCCCCCCCCCCCCCCCCCCC. The van der Waals surface area contributed by atoms with Crippen molar-refractivity contribution in [3.05, 3.63) is 12.2 Å². The number of rotatable bonds is 55. The van der Waals surface area contributed by atoms with Crippen LogP contribution >= 0.6 is 0 Å². The summed E-state index contributed by atoms with van der Waals surface area (Å²) in [4.78, 5) is 12.6. The van der Waals surface area contributed by atoms with E-state index in [-0.39, 0.29) is 6.61 Å². The summed E-state index contributed by atoms with van der Waals surface area (Å²) in [6.07, 6.45) is 68.4. The van der Waals surface area contributed by atoms with Gasteiger partial charge >= 0.3 is 0 Å². The topological polar surface area (TPSA) is 89.8 Å². The van der Waals surface area contributed by atoms with Crippen LogP contribution in [0.2, 0.25) is 0 Å². The van der Waals surface area contributed by atoms with E-state index in [0.29, 0.717) is 12.8 Å². The lowest BCUT2D eigenvalue weighted by atomic mass is 10.0. The van der Waals surface area contributed by atoms with E-state index in [2.05, 4.69) is 31.3 Å². The number of allylic oxidation sites excluding steroid dienone is 2. The van der Waals surface area contributed by atoms with Crippen LogP contribution in [0.4, 0.5) is 0 Å². The highest BCUT2D eigenvalue weighted by molar-refractivity contribution is 5.80. The number of aliphatic hydroxyl groups excluding tert-OH is 3. The zero-order valence-electron chi connectivity index (χ0n) is 43.7. The lowest BCUT2D eigenvalue weighted by molar-refractivity contribution is -0.131. The van der Waals surface area contributed by atoms with Gasteiger partial charge in [0, 0.05) is 0 Å². The molecule has 0 saturated heterocycles. The van der Waals surface area contributed by atoms with E-state index in [4.69, 9.17) is 0 Å². The van der Waals surface area contributed by atoms with Crippen LogP contribution in [0.25, 0.3) is 0 Å². The van der Waals surface area contributed by atoms with Crippen molar-refractivity contribution < 1.29 is 20.1 Å². The summed E-state index contributed by atoms with van der Waals surface area (Å²) in [5.74, 6) is -0.465. The number of carbonyl (C=O) groups excluding carboxylic acids is 1. The summed E-state index contributed by atoms with van der Waals surface area (Å²) in [6, 6.07) is -0.711. The molecule has 0 aliphatic heterocycles. The van der Waals surface area contributed by atoms with Gasteiger partial charge in [-0.15, -0.1) is 0 Å². The zero-order valence-corrected chi connectivity index (χ0v) is 43.7. The number of hydrogen-bond acceptors (Lipinski definition) is 4. The van der Waals surface area contributed by atoms with Gasteiger partial charge < -0.3 is 20.6 Å². The second kappa shape index (κ2) is 54.7. The highest BCUT2D eigenvalue weighted by Crippen LogP contribution is 2.18. The van der Waals surface area contributed by atoms with Gasteiger partial charge in [-0.25, -0.2) is 0 Å². The van der Waals surface area contributed by atoms with Gasteiger partial charge in [0.15, 0.2) is 0 Å². The summed E-state index contributed by atoms with van der Waals surface area (Å²) in [5.41, 5.74) is 0. The third-order valence-corrected chi connectivity index (χ3v) is 14.1. The van der Waals surface area contributed by atoms with Crippen LogP contribution < -0.4 is 5.32 Å². The smallest absolute Gasteiger partial charge is 0.249 e. The summed E-state index contributed by atoms with van der Waals surface area (Å²) >= 11 is 0. The first-order valence-electron chi connectivity index (χ1n) is 29.5. The molecule has 0 spiro atoms. The quantitative estimate of drug-likeness (QED) is 0.0362. The molecule has 3 unspecified atom stereocenters. The molecular weight excluding hydrogens is 787 g/mol. The third-order valence-electron chi connectivity index (χ3n) is 14.1. The van der Waals surface area contributed by atoms with Crippen molar-refractivity contribution in [1.29, 1.82) is 0 Å². The van der Waals surface area contributed by atoms with Crippen molar-refractivity contribution >= 4 is 5.91 Å². The molecule has 0 heterocycles. The van der Waals surface area contributed by atoms with E-state index in [9.17, 15) is 20.1 Å². The Kier molecular flexibility index (Phi) is 53.9. The molecule has 0 aliphatic rings. The van der Waals surface area contributed by atoms with Gasteiger partial charge in [0.25, 0.3) is 0 Å². The molecular formula is C59H117NO4. The standard InChI is InChI=1S/C59H117NO4/c1-3-5-7-9-11-13-15-17-19-21-23-25-27-28-29-30-32-34-36-38-40-42-44-46-48-50-52-54-58(63)59(64)60-56(55-61)57(62)53-51-49-47-45-43-41-39-37-35-33-31-26-24-22-20-18-16-14-12-10-8-6-4-2/h28-29,56-58,61-63H,3-27,30-55H2,1-2H3,(H,60,64)/b29-28-. The van der Waals surface area contributed by atoms with E-state index in [1.807, 2.05) is 0 Å². The Morgan fingerprint density at radius 3 is 0.859 bits per heavy atom. The average Bonchev–Trinajstić information content (AvgIpc) is 3.30. The molecule has 0 aromatic rings. The van der Waals surface area contributed by atoms with Gasteiger partial charge in [0.05, 0.1) is 18.8 Å². The predicted octanol–water partition coefficient (Wildman–Crippen LogP) is 18.3. The maximum atomic E-state index is 12.6. The van der Waals surface area contributed by atoms with Gasteiger partial charge in [-0.1, -0.05) is 309 Å². The molecule has 3 atom stereocenters. The van der Waals surface area contributed by atoms with Crippen LogP contribution in [0.5, 0.6) is 0 Å². The highest BCUT2D eigenvalue weighted by Gasteiger charge is 2.23. The van der Waals surface area contributed by atoms with Crippen molar-refractivity contribution in [2.24, 2.45) is 0 Å². The Morgan fingerprint density at radius 1 is 0.359 bits per heavy atom. The Balaban J connectivity index is 3.50. The van der Waals surface area contributed by atoms with E-state index in [1.54, 1.807) is 0 Å². The fourth-order valence-corrected chi connectivity index (χ4v) is 9.54. The van der Waals surface area contributed by atoms with Crippen LogP contribution in [0.3, 0.4) is 0 Å². The second-order valence-corrected chi connectivity index (χ2v) is 20.6. The maximum absolute atomic E-state index is 12.6. The zero-order chi connectivity index (χ0) is 46.5. The molecule has 0 aromatic heterocycles. The predicted molar refractivity (Wildman–Crippen MR) is 282 cm³/mol. The Bertz CT molecular complexity index is 909. The summed E-state index contributed by atoms with van der Waals surface area (Å²) < 4.78 is 0. The second-order valence-electron chi connectivity index (χ2n) is 20.6. The van der Waals surface area contributed by atoms with Crippen LogP contribution in [0.1, 0.15) is 335 Å². The molecule has 0 bridgehead atoms. The van der Waals surface area contributed by atoms with Gasteiger partial charge in [0.1, 0.15) is 6.10 Å². The normalized spacial score (nSPS) is 13.3. The summed E-state index contributed by atoms with van der Waals surface area (Å²) in [5, 5.41) is 33.6. The molecule has 0 aliphatic carbocycles. The highest BCUT2D eigenvalue weighted by atomic mass is 16.3. The monoisotopic (exact) mass is 904 g/mol. The van der Waals surface area contributed by atoms with E-state index < -0.39 is 24.2 Å². The van der Waals surface area contributed by atoms with E-state index in [1.165, 1.54) is 276 Å². The average molecular weight is 905 g/mol. The van der Waals surface area contributed by atoms with Gasteiger partial charge in [-0.2, -0.15) is 0 Å². The molecule has 0 saturated carbocycles. The number of carbonyl (C=O) groups is 1. The Labute approximate surface area is 401 Å². The van der Waals surface area contributed by atoms with Crippen LogP contribution in [0, 0.1) is 0 Å². The molecule has 0 fully saturated rings. The minimum absolute atomic E-state index is 0.310. The molecule has 382 valence electrons. The Hall–Kier alpha value is -0.910. The van der Waals surface area contributed by atoms with Crippen molar-refractivity contribution in [3.8, 4) is 0 Å². The third kappa shape index (κ3) is 49.0. The lowest BCUT2D eigenvalue weighted by Crippen LogP contribution is -2.49. The first-order chi connectivity index (χ1) is 31.6. The van der Waals surface area contributed by atoms with Crippen molar-refractivity contribution in [2.45, 2.75) is 353 Å². The molecule has 5 heteroatoms. The van der Waals surface area contributed by atoms with E-state index >= 15 is 0 Å². The molecule has 1 amide bonds. The first-order valence-corrected chi connectivity index (χ1v) is 29.5. The van der Waals surface area contributed by atoms with Crippen molar-refractivity contribution in [3.63, 3.8) is 0 Å². The molecule has 4 N–H and O–H groups in total. The summed E-state index contributed by atoms with van der Waals surface area (Å²) in [6.45, 7) is 4.28. The van der Waals surface area contributed by atoms with Gasteiger partial charge in [-0.3, -0.25) is 4.79 Å². The van der Waals surface area contributed by atoms with Crippen LogP contribution in [-0.4, -0.2) is 46.1 Å². The lowest BCUT2D eigenvalue weighted by Gasteiger charge is -2.23. The van der Waals surface area contributed by atoms with Gasteiger partial charge in [-0.05, 0) is 38.5 Å². The maximum Gasteiger partial charge on any atom is 0.249 e. The number of aliphatic hydroxyl groups is 3. The fourth-order valence-electron chi connectivity index (χ4n) is 9.54. The summed E-state index contributed by atoms with van der Waals surface area (Å²) in [7, 11) is 0. The number of hydrogen-bond donors (Lipinski definition) is 4. The molecule has 0 radical (unpaired) electrons. The van der Waals surface area contributed by atoms with Crippen molar-refractivity contribution in [2.75, 3.05) is 6.61 Å². The minimum Gasteiger partial charge on any atom is -0.394 e. The van der Waals surface area contributed by atoms with Gasteiger partial charge in [0.2, 0.25) is 5.91 Å². The first kappa shape index (κ1) is 63.1. The van der Waals surface area contributed by atoms with Crippen LogP contribution in [0.15, 0.2) is 12.2 Å². The van der Waals surface area contributed by atoms with E-state index in [0.717, 1.165) is 32.1 Å². The van der Waals surface area contributed by atoms with Crippen molar-refractivity contribution in [1.82, 2.24) is 5.32 Å². The number of nitrogens with one attached hydrogen (secondary N) is 1.